The lowest BCUT2D eigenvalue weighted by molar-refractivity contribution is -0.0504. The van der Waals surface area contributed by atoms with Gasteiger partial charge in [0.05, 0.1) is 24.7 Å². The number of carbonyl (C=O) groups excluding carboxylic acids is 1. The molecule has 9 heteroatoms. The fourth-order valence-corrected chi connectivity index (χ4v) is 3.64. The first-order chi connectivity index (χ1) is 14.6. The molecule has 1 aromatic carbocycles. The van der Waals surface area contributed by atoms with E-state index in [0.29, 0.717) is 37.5 Å². The van der Waals surface area contributed by atoms with Gasteiger partial charge in [-0.2, -0.15) is 8.78 Å². The molecule has 160 valence electrons. The SMILES string of the molecule is COC(=O)c1nc(C2CC2)cnc1Nc1cccc(C2CCOCC2)c1OC(F)F. The van der Waals surface area contributed by atoms with Crippen LogP contribution in [0.5, 0.6) is 5.75 Å². The normalized spacial score (nSPS) is 17.1. The Balaban J connectivity index is 1.70. The summed E-state index contributed by atoms with van der Waals surface area (Å²) < 4.78 is 41.6. The number of benzene rings is 1. The number of esters is 1. The van der Waals surface area contributed by atoms with E-state index in [4.69, 9.17) is 14.2 Å². The summed E-state index contributed by atoms with van der Waals surface area (Å²) in [6.45, 7) is -1.86. The molecule has 0 amide bonds. The van der Waals surface area contributed by atoms with E-state index in [0.717, 1.165) is 18.5 Å². The summed E-state index contributed by atoms with van der Waals surface area (Å²) in [4.78, 5) is 21.0. The van der Waals surface area contributed by atoms with Crippen LogP contribution in [0.3, 0.4) is 0 Å². The van der Waals surface area contributed by atoms with E-state index >= 15 is 0 Å². The van der Waals surface area contributed by atoms with Crippen LogP contribution in [0.15, 0.2) is 24.4 Å². The van der Waals surface area contributed by atoms with Crippen LogP contribution < -0.4 is 10.1 Å². The van der Waals surface area contributed by atoms with Gasteiger partial charge in [-0.1, -0.05) is 12.1 Å². The topological polar surface area (TPSA) is 82.6 Å². The van der Waals surface area contributed by atoms with Gasteiger partial charge < -0.3 is 19.5 Å². The van der Waals surface area contributed by atoms with Crippen molar-refractivity contribution in [1.82, 2.24) is 9.97 Å². The summed E-state index contributed by atoms with van der Waals surface area (Å²) in [5.41, 5.74) is 1.70. The van der Waals surface area contributed by atoms with Crippen molar-refractivity contribution in [3.8, 4) is 5.75 Å². The molecule has 1 aliphatic carbocycles. The van der Waals surface area contributed by atoms with E-state index < -0.39 is 12.6 Å². The monoisotopic (exact) mass is 419 g/mol. The number of carbonyl (C=O) groups is 1. The number of ether oxygens (including phenoxy) is 3. The number of para-hydroxylation sites is 1. The average molecular weight is 419 g/mol. The molecular formula is C21H23F2N3O4. The van der Waals surface area contributed by atoms with E-state index in [-0.39, 0.29) is 28.9 Å². The van der Waals surface area contributed by atoms with Gasteiger partial charge in [-0.15, -0.1) is 0 Å². The molecule has 2 fully saturated rings. The molecule has 0 atom stereocenters. The lowest BCUT2D eigenvalue weighted by atomic mass is 9.90. The largest absolute Gasteiger partial charge is 0.464 e. The van der Waals surface area contributed by atoms with Crippen molar-refractivity contribution in [3.05, 3.63) is 41.3 Å². The van der Waals surface area contributed by atoms with Crippen molar-refractivity contribution in [2.45, 2.75) is 44.1 Å². The molecule has 1 saturated heterocycles. The van der Waals surface area contributed by atoms with Gasteiger partial charge in [0.25, 0.3) is 0 Å². The van der Waals surface area contributed by atoms with Gasteiger partial charge in [0, 0.05) is 19.1 Å². The maximum atomic E-state index is 13.2. The van der Waals surface area contributed by atoms with Crippen molar-refractivity contribution in [2.24, 2.45) is 0 Å². The third-order valence-electron chi connectivity index (χ3n) is 5.33. The molecule has 0 bridgehead atoms. The first kappa shape index (κ1) is 20.5. The quantitative estimate of drug-likeness (QED) is 0.667. The number of alkyl halides is 2. The van der Waals surface area contributed by atoms with Crippen LogP contribution in [0.2, 0.25) is 0 Å². The van der Waals surface area contributed by atoms with Crippen molar-refractivity contribution in [3.63, 3.8) is 0 Å². The molecule has 1 aromatic heterocycles. The lowest BCUT2D eigenvalue weighted by Gasteiger charge is -2.25. The maximum Gasteiger partial charge on any atom is 0.387 e. The average Bonchev–Trinajstić information content (AvgIpc) is 3.60. The molecule has 0 spiro atoms. The van der Waals surface area contributed by atoms with Crippen molar-refractivity contribution >= 4 is 17.5 Å². The molecule has 4 rings (SSSR count). The van der Waals surface area contributed by atoms with E-state index in [2.05, 4.69) is 15.3 Å². The Labute approximate surface area is 172 Å². The van der Waals surface area contributed by atoms with Crippen LogP contribution in [-0.2, 0) is 9.47 Å². The van der Waals surface area contributed by atoms with Crippen molar-refractivity contribution < 1.29 is 27.8 Å². The zero-order valence-electron chi connectivity index (χ0n) is 16.6. The maximum absolute atomic E-state index is 13.2. The summed E-state index contributed by atoms with van der Waals surface area (Å²) in [6, 6.07) is 5.15. The minimum Gasteiger partial charge on any atom is -0.464 e. The van der Waals surface area contributed by atoms with Crippen LogP contribution in [0, 0.1) is 0 Å². The Hall–Kier alpha value is -2.81. The number of anilines is 2. The summed E-state index contributed by atoms with van der Waals surface area (Å²) in [7, 11) is 1.26. The molecule has 1 aliphatic heterocycles. The van der Waals surface area contributed by atoms with E-state index in [1.807, 2.05) is 0 Å². The number of hydrogen-bond acceptors (Lipinski definition) is 7. The Morgan fingerprint density at radius 2 is 1.97 bits per heavy atom. The minimum atomic E-state index is -2.99. The van der Waals surface area contributed by atoms with E-state index in [9.17, 15) is 13.6 Å². The Morgan fingerprint density at radius 1 is 1.20 bits per heavy atom. The van der Waals surface area contributed by atoms with Gasteiger partial charge in [-0.05, 0) is 43.2 Å². The van der Waals surface area contributed by atoms with Crippen LogP contribution in [-0.4, -0.2) is 42.9 Å². The lowest BCUT2D eigenvalue weighted by Crippen LogP contribution is -2.17. The van der Waals surface area contributed by atoms with Crippen molar-refractivity contribution in [1.29, 1.82) is 0 Å². The highest BCUT2D eigenvalue weighted by atomic mass is 19.3. The second-order valence-electron chi connectivity index (χ2n) is 7.37. The highest BCUT2D eigenvalue weighted by molar-refractivity contribution is 5.93. The van der Waals surface area contributed by atoms with Gasteiger partial charge >= 0.3 is 12.6 Å². The predicted molar refractivity (Wildman–Crippen MR) is 104 cm³/mol. The number of methoxy groups -OCH3 is 1. The molecule has 1 N–H and O–H groups in total. The summed E-state index contributed by atoms with van der Waals surface area (Å²) in [5, 5.41) is 2.96. The Kier molecular flexibility index (Phi) is 6.08. The number of aromatic nitrogens is 2. The number of rotatable bonds is 7. The first-order valence-electron chi connectivity index (χ1n) is 9.94. The van der Waals surface area contributed by atoms with Gasteiger partial charge in [0.15, 0.2) is 17.3 Å². The summed E-state index contributed by atoms with van der Waals surface area (Å²) in [6.07, 6.45) is 5.03. The second-order valence-corrected chi connectivity index (χ2v) is 7.37. The molecule has 7 nitrogen and oxygen atoms in total. The number of halogens is 2. The number of nitrogens with zero attached hydrogens (tertiary/aromatic N) is 2. The molecule has 2 heterocycles. The third-order valence-corrected chi connectivity index (χ3v) is 5.33. The van der Waals surface area contributed by atoms with E-state index in [1.54, 1.807) is 24.4 Å². The minimum absolute atomic E-state index is 0.0152. The molecular weight excluding hydrogens is 396 g/mol. The van der Waals surface area contributed by atoms with Gasteiger partial charge in [-0.25, -0.2) is 14.8 Å². The van der Waals surface area contributed by atoms with Gasteiger partial charge in [0.1, 0.15) is 0 Å². The first-order valence-corrected chi connectivity index (χ1v) is 9.94. The van der Waals surface area contributed by atoms with Crippen LogP contribution in [0.4, 0.5) is 20.3 Å². The summed E-state index contributed by atoms with van der Waals surface area (Å²) >= 11 is 0. The zero-order valence-corrected chi connectivity index (χ0v) is 16.6. The predicted octanol–water partition coefficient (Wildman–Crippen LogP) is 4.38. The Bertz CT molecular complexity index is 915. The van der Waals surface area contributed by atoms with Crippen molar-refractivity contribution in [2.75, 3.05) is 25.6 Å². The fraction of sp³-hybridized carbons (Fsp3) is 0.476. The molecule has 1 saturated carbocycles. The molecule has 30 heavy (non-hydrogen) atoms. The van der Waals surface area contributed by atoms with Crippen LogP contribution in [0.1, 0.15) is 59.3 Å². The molecule has 0 radical (unpaired) electrons. The van der Waals surface area contributed by atoms with Gasteiger partial charge in [-0.3, -0.25) is 0 Å². The standard InChI is InChI=1S/C21H23F2N3O4/c1-28-20(27)17-19(24-11-16(25-17)13-5-6-13)26-15-4-2-3-14(18(15)30-21(22)23)12-7-9-29-10-8-12/h2-4,11-13,21H,5-10H2,1H3,(H,24,26). The number of nitrogens with one attached hydrogen (secondary N) is 1. The zero-order chi connectivity index (χ0) is 21.1. The highest BCUT2D eigenvalue weighted by Crippen LogP contribution is 2.41. The second kappa shape index (κ2) is 8.91. The summed E-state index contributed by atoms with van der Waals surface area (Å²) in [5.74, 6) is -0.135. The van der Waals surface area contributed by atoms with Crippen LogP contribution in [0.25, 0.3) is 0 Å². The fourth-order valence-electron chi connectivity index (χ4n) is 3.64. The van der Waals surface area contributed by atoms with Crippen LogP contribution >= 0.6 is 0 Å². The van der Waals surface area contributed by atoms with E-state index in [1.165, 1.54) is 7.11 Å². The van der Waals surface area contributed by atoms with Gasteiger partial charge in [0.2, 0.25) is 0 Å². The third kappa shape index (κ3) is 4.51. The number of hydrogen-bond donors (Lipinski definition) is 1. The smallest absolute Gasteiger partial charge is 0.387 e. The highest BCUT2D eigenvalue weighted by Gasteiger charge is 2.29. The molecule has 2 aromatic rings. The molecule has 0 unspecified atom stereocenters. The molecule has 2 aliphatic rings. The Morgan fingerprint density at radius 3 is 2.63 bits per heavy atom.